The summed E-state index contributed by atoms with van der Waals surface area (Å²) in [4.78, 5) is 4.53. The van der Waals surface area contributed by atoms with Gasteiger partial charge in [-0.1, -0.05) is 0 Å². The van der Waals surface area contributed by atoms with E-state index in [0.717, 1.165) is 18.9 Å². The van der Waals surface area contributed by atoms with E-state index in [9.17, 15) is 0 Å². The summed E-state index contributed by atoms with van der Waals surface area (Å²) in [5, 5.41) is 3.79. The van der Waals surface area contributed by atoms with Gasteiger partial charge < -0.3 is 14.6 Å². The second kappa shape index (κ2) is 5.63. The van der Waals surface area contributed by atoms with E-state index < -0.39 is 0 Å². The van der Waals surface area contributed by atoms with E-state index in [2.05, 4.69) is 28.8 Å². The van der Waals surface area contributed by atoms with Crippen molar-refractivity contribution in [2.24, 2.45) is 13.0 Å². The Balaban J connectivity index is 1.60. The molecule has 0 amide bonds. The number of aromatic nitrogens is 2. The fraction of sp³-hybridized carbons (Fsp3) is 0.800. The highest BCUT2D eigenvalue weighted by Crippen LogP contribution is 2.40. The highest BCUT2D eigenvalue weighted by molar-refractivity contribution is 5.05. The van der Waals surface area contributed by atoms with Crippen molar-refractivity contribution in [1.82, 2.24) is 14.9 Å². The maximum absolute atomic E-state index is 5.73. The van der Waals surface area contributed by atoms with Gasteiger partial charge in [0.05, 0.1) is 12.1 Å². The standard InChI is InChI=1S/C15H25N3O/c1-11(10-13-4-3-9-19-13)17-14(12-5-6-12)15-16-7-8-18(15)2/h7-8,11-14,17H,3-6,9-10H2,1-2H3. The molecule has 0 radical (unpaired) electrons. The molecule has 106 valence electrons. The van der Waals surface area contributed by atoms with Gasteiger partial charge in [-0.15, -0.1) is 0 Å². The van der Waals surface area contributed by atoms with Crippen molar-refractivity contribution in [3.63, 3.8) is 0 Å². The lowest BCUT2D eigenvalue weighted by Crippen LogP contribution is -2.35. The number of imidazole rings is 1. The van der Waals surface area contributed by atoms with Crippen molar-refractivity contribution in [3.8, 4) is 0 Å². The lowest BCUT2D eigenvalue weighted by atomic mass is 10.1. The van der Waals surface area contributed by atoms with E-state index in [-0.39, 0.29) is 0 Å². The third-order valence-electron chi connectivity index (χ3n) is 4.33. The Hall–Kier alpha value is -0.870. The summed E-state index contributed by atoms with van der Waals surface area (Å²) in [6, 6.07) is 0.904. The summed E-state index contributed by atoms with van der Waals surface area (Å²) < 4.78 is 7.88. The van der Waals surface area contributed by atoms with Gasteiger partial charge in [0.25, 0.3) is 0 Å². The molecule has 3 unspecified atom stereocenters. The van der Waals surface area contributed by atoms with Crippen LogP contribution in [0.2, 0.25) is 0 Å². The molecule has 1 aromatic rings. The molecule has 1 saturated heterocycles. The molecular weight excluding hydrogens is 238 g/mol. The van der Waals surface area contributed by atoms with Crippen LogP contribution in [0.25, 0.3) is 0 Å². The number of nitrogens with one attached hydrogen (secondary N) is 1. The van der Waals surface area contributed by atoms with Crippen LogP contribution in [0.15, 0.2) is 12.4 Å². The van der Waals surface area contributed by atoms with Crippen molar-refractivity contribution in [1.29, 1.82) is 0 Å². The average Bonchev–Trinajstić information content (AvgIpc) is 2.94. The van der Waals surface area contributed by atoms with Crippen LogP contribution in [-0.4, -0.2) is 28.3 Å². The number of aryl methyl sites for hydroxylation is 1. The van der Waals surface area contributed by atoms with Gasteiger partial charge >= 0.3 is 0 Å². The SMILES string of the molecule is CC(CC1CCCO1)NC(c1nccn1C)C1CC1. The second-order valence-corrected chi connectivity index (χ2v) is 6.15. The normalized spacial score (nSPS) is 26.5. The van der Waals surface area contributed by atoms with Crippen LogP contribution < -0.4 is 5.32 Å². The lowest BCUT2D eigenvalue weighted by molar-refractivity contribution is 0.0943. The van der Waals surface area contributed by atoms with E-state index >= 15 is 0 Å². The van der Waals surface area contributed by atoms with Gasteiger partial charge in [0.2, 0.25) is 0 Å². The maximum Gasteiger partial charge on any atom is 0.125 e. The summed E-state index contributed by atoms with van der Waals surface area (Å²) in [7, 11) is 2.09. The molecule has 1 saturated carbocycles. The van der Waals surface area contributed by atoms with Crippen molar-refractivity contribution >= 4 is 0 Å². The van der Waals surface area contributed by atoms with Crippen molar-refractivity contribution in [3.05, 3.63) is 18.2 Å². The molecule has 4 heteroatoms. The smallest absolute Gasteiger partial charge is 0.125 e. The molecular formula is C15H25N3O. The Morgan fingerprint density at radius 3 is 2.89 bits per heavy atom. The molecule has 3 atom stereocenters. The van der Waals surface area contributed by atoms with Crippen molar-refractivity contribution in [2.75, 3.05) is 6.61 Å². The first-order valence-electron chi connectivity index (χ1n) is 7.59. The summed E-state index contributed by atoms with van der Waals surface area (Å²) in [5.74, 6) is 1.95. The third-order valence-corrected chi connectivity index (χ3v) is 4.33. The van der Waals surface area contributed by atoms with Crippen LogP contribution in [0.4, 0.5) is 0 Å². The largest absolute Gasteiger partial charge is 0.378 e. The van der Waals surface area contributed by atoms with Gasteiger partial charge in [0.1, 0.15) is 5.82 Å². The van der Waals surface area contributed by atoms with Crippen LogP contribution >= 0.6 is 0 Å². The zero-order valence-electron chi connectivity index (χ0n) is 12.0. The Labute approximate surface area is 115 Å². The molecule has 4 nitrogen and oxygen atoms in total. The van der Waals surface area contributed by atoms with E-state index in [4.69, 9.17) is 4.74 Å². The van der Waals surface area contributed by atoms with Crippen LogP contribution in [-0.2, 0) is 11.8 Å². The molecule has 19 heavy (non-hydrogen) atoms. The Morgan fingerprint density at radius 1 is 1.47 bits per heavy atom. The summed E-state index contributed by atoms with van der Waals surface area (Å²) in [6.45, 7) is 3.23. The van der Waals surface area contributed by atoms with E-state index in [1.54, 1.807) is 0 Å². The van der Waals surface area contributed by atoms with Gasteiger partial charge in [-0.3, -0.25) is 0 Å². The number of hydrogen-bond acceptors (Lipinski definition) is 3. The molecule has 1 N–H and O–H groups in total. The first kappa shape index (κ1) is 13.1. The molecule has 1 aliphatic heterocycles. The van der Waals surface area contributed by atoms with Gasteiger partial charge in [-0.25, -0.2) is 4.98 Å². The molecule has 2 aliphatic rings. The number of hydrogen-bond donors (Lipinski definition) is 1. The number of ether oxygens (including phenoxy) is 1. The highest BCUT2D eigenvalue weighted by atomic mass is 16.5. The molecule has 3 rings (SSSR count). The first-order valence-corrected chi connectivity index (χ1v) is 7.59. The number of rotatable bonds is 6. The van der Waals surface area contributed by atoms with Crippen LogP contribution in [0, 0.1) is 5.92 Å². The third kappa shape index (κ3) is 3.18. The average molecular weight is 263 g/mol. The minimum atomic E-state index is 0.413. The lowest BCUT2D eigenvalue weighted by Gasteiger charge is -2.24. The van der Waals surface area contributed by atoms with Crippen LogP contribution in [0.1, 0.15) is 50.9 Å². The molecule has 2 heterocycles. The monoisotopic (exact) mass is 263 g/mol. The zero-order valence-corrected chi connectivity index (χ0v) is 12.0. The Bertz CT molecular complexity index is 407. The second-order valence-electron chi connectivity index (χ2n) is 6.15. The van der Waals surface area contributed by atoms with Crippen molar-refractivity contribution in [2.45, 2.75) is 57.2 Å². The maximum atomic E-state index is 5.73. The quantitative estimate of drug-likeness (QED) is 0.856. The fourth-order valence-electron chi connectivity index (χ4n) is 3.13. The van der Waals surface area contributed by atoms with Crippen LogP contribution in [0.5, 0.6) is 0 Å². The summed E-state index contributed by atoms with van der Waals surface area (Å²) >= 11 is 0. The highest BCUT2D eigenvalue weighted by Gasteiger charge is 2.35. The van der Waals surface area contributed by atoms with E-state index in [0.29, 0.717) is 18.2 Å². The predicted octanol–water partition coefficient (Wildman–Crippen LogP) is 2.42. The minimum Gasteiger partial charge on any atom is -0.378 e. The van der Waals surface area contributed by atoms with Crippen LogP contribution in [0.3, 0.4) is 0 Å². The Morgan fingerprint density at radius 2 is 2.32 bits per heavy atom. The topological polar surface area (TPSA) is 39.1 Å². The van der Waals surface area contributed by atoms with Gasteiger partial charge in [-0.05, 0) is 44.9 Å². The van der Waals surface area contributed by atoms with E-state index in [1.807, 2.05) is 12.4 Å². The molecule has 1 aliphatic carbocycles. The molecule has 0 aromatic carbocycles. The fourth-order valence-corrected chi connectivity index (χ4v) is 3.13. The van der Waals surface area contributed by atoms with Gasteiger partial charge in [0, 0.05) is 32.1 Å². The summed E-state index contributed by atoms with van der Waals surface area (Å²) in [6.07, 6.45) is 10.6. The molecule has 0 spiro atoms. The number of nitrogens with zero attached hydrogens (tertiary/aromatic N) is 2. The first-order chi connectivity index (χ1) is 9.24. The van der Waals surface area contributed by atoms with E-state index in [1.165, 1.54) is 31.5 Å². The molecule has 2 fully saturated rings. The molecule has 0 bridgehead atoms. The molecule has 1 aromatic heterocycles. The van der Waals surface area contributed by atoms with Gasteiger partial charge in [-0.2, -0.15) is 0 Å². The van der Waals surface area contributed by atoms with Crippen molar-refractivity contribution < 1.29 is 4.74 Å². The summed E-state index contributed by atoms with van der Waals surface area (Å²) in [5.41, 5.74) is 0. The minimum absolute atomic E-state index is 0.413. The zero-order chi connectivity index (χ0) is 13.2. The predicted molar refractivity (Wildman–Crippen MR) is 74.9 cm³/mol. The Kier molecular flexibility index (Phi) is 3.89. The van der Waals surface area contributed by atoms with Gasteiger partial charge in [0.15, 0.2) is 0 Å².